The highest BCUT2D eigenvalue weighted by atomic mass is 32.1. The van der Waals surface area contributed by atoms with Gasteiger partial charge < -0.3 is 9.47 Å². The molecule has 8 nitrogen and oxygen atoms in total. The van der Waals surface area contributed by atoms with E-state index >= 15 is 0 Å². The second kappa shape index (κ2) is 7.42. The molecular weight excluding hydrogens is 442 g/mol. The van der Waals surface area contributed by atoms with E-state index in [0.29, 0.717) is 57.7 Å². The molecule has 1 aromatic heterocycles. The number of rotatable bonds is 3. The number of fused-ring (bicyclic) bond motifs is 3. The molecule has 3 heterocycles. The number of thiazole rings is 1. The van der Waals surface area contributed by atoms with Crippen LogP contribution in [-0.2, 0) is 0 Å². The lowest BCUT2D eigenvalue weighted by molar-refractivity contribution is 0.0925. The van der Waals surface area contributed by atoms with E-state index in [2.05, 4.69) is 10.3 Å². The van der Waals surface area contributed by atoms with Gasteiger partial charge in [0.05, 0.1) is 27.0 Å². The zero-order valence-corrected chi connectivity index (χ0v) is 17.8. The Labute approximate surface area is 191 Å². The maximum Gasteiger partial charge on any atom is 0.266 e. The van der Waals surface area contributed by atoms with Gasteiger partial charge in [-0.25, -0.2) is 9.88 Å². The van der Waals surface area contributed by atoms with Crippen LogP contribution in [0.25, 0.3) is 10.2 Å². The van der Waals surface area contributed by atoms with Crippen LogP contribution in [0.15, 0.2) is 60.7 Å². The lowest BCUT2D eigenvalue weighted by Crippen LogP contribution is -2.29. The van der Waals surface area contributed by atoms with Gasteiger partial charge in [-0.3, -0.25) is 19.7 Å². The SMILES string of the molecule is O=C(Nc1nc2cc3c(cc2s1)OCCO3)c1ccc(N2C(=O)c3ccccc3C2=O)cc1. The first-order valence-electron chi connectivity index (χ1n) is 10.2. The molecule has 162 valence electrons. The van der Waals surface area contributed by atoms with Crippen molar-refractivity contribution in [3.63, 3.8) is 0 Å². The van der Waals surface area contributed by atoms with Gasteiger partial charge in [0, 0.05) is 17.7 Å². The van der Waals surface area contributed by atoms with Gasteiger partial charge in [-0.05, 0) is 36.4 Å². The highest BCUT2D eigenvalue weighted by molar-refractivity contribution is 7.22. The fourth-order valence-electron chi connectivity index (χ4n) is 3.87. The van der Waals surface area contributed by atoms with Crippen molar-refractivity contribution in [3.8, 4) is 11.5 Å². The molecule has 2 aliphatic rings. The molecule has 4 aromatic rings. The Hall–Kier alpha value is -4.24. The predicted octanol–water partition coefficient (Wildman–Crippen LogP) is 4.12. The van der Waals surface area contributed by atoms with Crippen LogP contribution in [0, 0.1) is 0 Å². The van der Waals surface area contributed by atoms with E-state index in [-0.39, 0.29) is 17.7 Å². The summed E-state index contributed by atoms with van der Waals surface area (Å²) in [5, 5.41) is 3.24. The quantitative estimate of drug-likeness (QED) is 0.465. The van der Waals surface area contributed by atoms with Crippen molar-refractivity contribution in [1.82, 2.24) is 4.98 Å². The van der Waals surface area contributed by atoms with Crippen molar-refractivity contribution >= 4 is 50.1 Å². The number of benzene rings is 3. The average Bonchev–Trinajstić information content (AvgIpc) is 3.34. The first-order chi connectivity index (χ1) is 16.1. The van der Waals surface area contributed by atoms with E-state index in [9.17, 15) is 14.4 Å². The second-order valence-corrected chi connectivity index (χ2v) is 8.51. The van der Waals surface area contributed by atoms with E-state index in [0.717, 1.165) is 9.60 Å². The molecule has 33 heavy (non-hydrogen) atoms. The third-order valence-corrected chi connectivity index (χ3v) is 6.39. The third kappa shape index (κ3) is 3.21. The number of hydrogen-bond donors (Lipinski definition) is 1. The van der Waals surface area contributed by atoms with Gasteiger partial charge in [0.1, 0.15) is 13.2 Å². The van der Waals surface area contributed by atoms with Crippen LogP contribution in [-0.4, -0.2) is 35.9 Å². The highest BCUT2D eigenvalue weighted by Crippen LogP contribution is 2.38. The molecule has 0 bridgehead atoms. The number of nitrogens with one attached hydrogen (secondary N) is 1. The molecule has 0 spiro atoms. The van der Waals surface area contributed by atoms with Crippen LogP contribution < -0.4 is 19.7 Å². The van der Waals surface area contributed by atoms with Crippen LogP contribution in [0.5, 0.6) is 11.5 Å². The first kappa shape index (κ1) is 19.4. The summed E-state index contributed by atoms with van der Waals surface area (Å²) in [6.07, 6.45) is 0. The molecule has 0 saturated heterocycles. The third-order valence-electron chi connectivity index (χ3n) is 5.45. The number of aromatic nitrogens is 1. The molecular formula is C24H15N3O5S. The van der Waals surface area contributed by atoms with Crippen molar-refractivity contribution < 1.29 is 23.9 Å². The number of amides is 3. The molecule has 3 amide bonds. The number of carbonyl (C=O) groups is 3. The van der Waals surface area contributed by atoms with Crippen LogP contribution >= 0.6 is 11.3 Å². The molecule has 0 saturated carbocycles. The maximum absolute atomic E-state index is 12.7. The maximum atomic E-state index is 12.7. The van der Waals surface area contributed by atoms with Crippen LogP contribution in [0.4, 0.5) is 10.8 Å². The second-order valence-electron chi connectivity index (χ2n) is 7.47. The fraction of sp³-hybridized carbons (Fsp3) is 0.0833. The van der Waals surface area contributed by atoms with Gasteiger partial charge in [-0.15, -0.1) is 0 Å². The van der Waals surface area contributed by atoms with E-state index < -0.39 is 0 Å². The van der Waals surface area contributed by atoms with Crippen LogP contribution in [0.2, 0.25) is 0 Å². The number of imide groups is 1. The van der Waals surface area contributed by atoms with Gasteiger partial charge in [-0.2, -0.15) is 0 Å². The smallest absolute Gasteiger partial charge is 0.266 e. The van der Waals surface area contributed by atoms with Crippen molar-refractivity contribution in [2.75, 3.05) is 23.4 Å². The van der Waals surface area contributed by atoms with E-state index in [1.54, 1.807) is 54.6 Å². The van der Waals surface area contributed by atoms with E-state index in [1.165, 1.54) is 11.3 Å². The van der Waals surface area contributed by atoms with Gasteiger partial charge >= 0.3 is 0 Å². The summed E-state index contributed by atoms with van der Waals surface area (Å²) in [6, 6.07) is 16.7. The molecule has 6 rings (SSSR count). The zero-order chi connectivity index (χ0) is 22.5. The summed E-state index contributed by atoms with van der Waals surface area (Å²) in [7, 11) is 0. The summed E-state index contributed by atoms with van der Waals surface area (Å²) in [6.45, 7) is 0.987. The summed E-state index contributed by atoms with van der Waals surface area (Å²) in [4.78, 5) is 43.6. The van der Waals surface area contributed by atoms with Crippen LogP contribution in [0.1, 0.15) is 31.1 Å². The van der Waals surface area contributed by atoms with Gasteiger partial charge in [0.2, 0.25) is 0 Å². The standard InChI is InChI=1S/C24H15N3O5S/c28-21(26-24-25-17-11-18-19(12-20(17)33-24)32-10-9-31-18)13-5-7-14(8-6-13)27-22(29)15-3-1-2-4-16(15)23(27)30/h1-8,11-12H,9-10H2,(H,25,26,28). The topological polar surface area (TPSA) is 97.8 Å². The summed E-state index contributed by atoms with van der Waals surface area (Å²) in [5.74, 6) is 0.204. The molecule has 1 N–H and O–H groups in total. The normalized spacial score (nSPS) is 14.5. The number of anilines is 2. The minimum absolute atomic E-state index is 0.347. The Morgan fingerprint density at radius 1 is 0.909 bits per heavy atom. The zero-order valence-electron chi connectivity index (χ0n) is 17.0. The van der Waals surface area contributed by atoms with Crippen LogP contribution in [0.3, 0.4) is 0 Å². The van der Waals surface area contributed by atoms with Gasteiger partial charge in [0.15, 0.2) is 16.6 Å². The minimum Gasteiger partial charge on any atom is -0.486 e. The number of nitrogens with zero attached hydrogens (tertiary/aromatic N) is 2. The van der Waals surface area contributed by atoms with Gasteiger partial charge in [0.25, 0.3) is 17.7 Å². The predicted molar refractivity (Wildman–Crippen MR) is 123 cm³/mol. The van der Waals surface area contributed by atoms with Crippen molar-refractivity contribution in [2.24, 2.45) is 0 Å². The fourth-order valence-corrected chi connectivity index (χ4v) is 4.74. The first-order valence-corrected chi connectivity index (χ1v) is 11.0. The highest BCUT2D eigenvalue weighted by Gasteiger charge is 2.36. The van der Waals surface area contributed by atoms with Crippen molar-refractivity contribution in [2.45, 2.75) is 0 Å². The van der Waals surface area contributed by atoms with E-state index in [1.807, 2.05) is 6.07 Å². The number of carbonyl (C=O) groups excluding carboxylic acids is 3. The van der Waals surface area contributed by atoms with Crippen molar-refractivity contribution in [3.05, 3.63) is 77.4 Å². The summed E-state index contributed by atoms with van der Waals surface area (Å²) >= 11 is 1.33. The largest absolute Gasteiger partial charge is 0.486 e. The molecule has 2 aliphatic heterocycles. The molecule has 9 heteroatoms. The Balaban J connectivity index is 1.21. The Bertz CT molecular complexity index is 1380. The molecule has 0 aliphatic carbocycles. The summed E-state index contributed by atoms with van der Waals surface area (Å²) in [5.41, 5.74) is 2.24. The van der Waals surface area contributed by atoms with E-state index in [4.69, 9.17) is 9.47 Å². The minimum atomic E-state index is -0.377. The Kier molecular flexibility index (Phi) is 4.37. The number of hydrogen-bond acceptors (Lipinski definition) is 7. The summed E-state index contributed by atoms with van der Waals surface area (Å²) < 4.78 is 12.0. The van der Waals surface area contributed by atoms with Crippen molar-refractivity contribution in [1.29, 1.82) is 0 Å². The lowest BCUT2D eigenvalue weighted by atomic mass is 10.1. The molecule has 0 unspecified atom stereocenters. The lowest BCUT2D eigenvalue weighted by Gasteiger charge is -2.17. The molecule has 0 radical (unpaired) electrons. The van der Waals surface area contributed by atoms with Gasteiger partial charge in [-0.1, -0.05) is 23.5 Å². The molecule has 0 fully saturated rings. The average molecular weight is 457 g/mol. The Morgan fingerprint density at radius 2 is 1.55 bits per heavy atom. The molecule has 3 aromatic carbocycles. The number of ether oxygens (including phenoxy) is 2. The molecule has 0 atom stereocenters. The monoisotopic (exact) mass is 457 g/mol. The Morgan fingerprint density at radius 3 is 2.21 bits per heavy atom.